The standard InChI is InChI=1S/C15H16O/c16-12-11-15(13-7-3-1-4-8-13)14-9-5-2-6-10-14/h1-10,15-16H,11-12H2. The van der Waals surface area contributed by atoms with Crippen molar-refractivity contribution < 1.29 is 5.11 Å². The summed E-state index contributed by atoms with van der Waals surface area (Å²) in [5, 5.41) is 9.16. The molecule has 16 heavy (non-hydrogen) atoms. The SMILES string of the molecule is OCCC(c1ccccc1)c1ccccc1. The van der Waals surface area contributed by atoms with Crippen molar-refractivity contribution >= 4 is 0 Å². The van der Waals surface area contributed by atoms with Crippen LogP contribution >= 0.6 is 0 Å². The van der Waals surface area contributed by atoms with E-state index in [0.29, 0.717) is 5.92 Å². The van der Waals surface area contributed by atoms with Crippen LogP contribution in [0.2, 0.25) is 0 Å². The van der Waals surface area contributed by atoms with E-state index in [-0.39, 0.29) is 6.61 Å². The first-order valence-electron chi connectivity index (χ1n) is 5.62. The van der Waals surface area contributed by atoms with Gasteiger partial charge >= 0.3 is 0 Å². The summed E-state index contributed by atoms with van der Waals surface area (Å²) in [6.07, 6.45) is 0.772. The summed E-state index contributed by atoms with van der Waals surface area (Å²) in [5.74, 6) is 0.299. The first-order valence-corrected chi connectivity index (χ1v) is 5.62. The van der Waals surface area contributed by atoms with Gasteiger partial charge in [-0.3, -0.25) is 0 Å². The Balaban J connectivity index is 2.31. The third-order valence-electron chi connectivity index (χ3n) is 2.82. The van der Waals surface area contributed by atoms with E-state index in [9.17, 15) is 0 Å². The van der Waals surface area contributed by atoms with Crippen LogP contribution in [0.1, 0.15) is 23.5 Å². The number of aliphatic hydroxyl groups excluding tert-OH is 1. The molecule has 0 aromatic heterocycles. The molecule has 2 aromatic rings. The molecule has 0 spiro atoms. The highest BCUT2D eigenvalue weighted by Crippen LogP contribution is 2.27. The van der Waals surface area contributed by atoms with Crippen LogP contribution in [0, 0.1) is 0 Å². The largest absolute Gasteiger partial charge is 0.396 e. The molecule has 0 aliphatic carbocycles. The van der Waals surface area contributed by atoms with Crippen LogP contribution < -0.4 is 0 Å². The fourth-order valence-electron chi connectivity index (χ4n) is 2.03. The van der Waals surface area contributed by atoms with Gasteiger partial charge in [-0.25, -0.2) is 0 Å². The van der Waals surface area contributed by atoms with Gasteiger partial charge in [0.05, 0.1) is 0 Å². The van der Waals surface area contributed by atoms with Crippen LogP contribution in [0.15, 0.2) is 60.7 Å². The molecule has 1 nitrogen and oxygen atoms in total. The van der Waals surface area contributed by atoms with Crippen LogP contribution in [0.4, 0.5) is 0 Å². The van der Waals surface area contributed by atoms with Gasteiger partial charge in [-0.1, -0.05) is 60.7 Å². The van der Waals surface area contributed by atoms with E-state index in [0.717, 1.165) is 6.42 Å². The van der Waals surface area contributed by atoms with Gasteiger partial charge in [0.2, 0.25) is 0 Å². The molecule has 0 saturated carbocycles. The molecule has 0 unspecified atom stereocenters. The van der Waals surface area contributed by atoms with Gasteiger partial charge in [0.1, 0.15) is 0 Å². The first kappa shape index (κ1) is 10.9. The van der Waals surface area contributed by atoms with E-state index < -0.39 is 0 Å². The molecule has 82 valence electrons. The molecule has 0 bridgehead atoms. The van der Waals surface area contributed by atoms with Crippen LogP contribution in [0.5, 0.6) is 0 Å². The van der Waals surface area contributed by atoms with E-state index in [1.165, 1.54) is 11.1 Å². The van der Waals surface area contributed by atoms with Crippen molar-refractivity contribution in [2.24, 2.45) is 0 Å². The van der Waals surface area contributed by atoms with Crippen LogP contribution in [-0.4, -0.2) is 11.7 Å². The molecule has 0 heterocycles. The zero-order valence-corrected chi connectivity index (χ0v) is 9.21. The highest BCUT2D eigenvalue weighted by Gasteiger charge is 2.12. The summed E-state index contributed by atoms with van der Waals surface area (Å²) in [6.45, 7) is 0.217. The number of benzene rings is 2. The lowest BCUT2D eigenvalue weighted by Gasteiger charge is -2.16. The fraction of sp³-hybridized carbons (Fsp3) is 0.200. The smallest absolute Gasteiger partial charge is 0.0440 e. The second kappa shape index (κ2) is 5.47. The minimum absolute atomic E-state index is 0.217. The molecular weight excluding hydrogens is 196 g/mol. The quantitative estimate of drug-likeness (QED) is 0.825. The second-order valence-corrected chi connectivity index (χ2v) is 3.89. The second-order valence-electron chi connectivity index (χ2n) is 3.89. The Morgan fingerprint density at radius 2 is 1.19 bits per heavy atom. The molecule has 0 amide bonds. The highest BCUT2D eigenvalue weighted by molar-refractivity contribution is 5.32. The van der Waals surface area contributed by atoms with E-state index in [2.05, 4.69) is 24.3 Å². The predicted molar refractivity (Wildman–Crippen MR) is 66.4 cm³/mol. The summed E-state index contributed by atoms with van der Waals surface area (Å²) < 4.78 is 0. The van der Waals surface area contributed by atoms with Crippen molar-refractivity contribution in [2.45, 2.75) is 12.3 Å². The van der Waals surface area contributed by atoms with Crippen molar-refractivity contribution in [2.75, 3.05) is 6.61 Å². The van der Waals surface area contributed by atoms with Crippen LogP contribution in [0.3, 0.4) is 0 Å². The molecule has 0 radical (unpaired) electrons. The molecule has 0 saturated heterocycles. The number of hydrogen-bond donors (Lipinski definition) is 1. The molecule has 1 heteroatoms. The Bertz CT molecular complexity index is 368. The van der Waals surface area contributed by atoms with E-state index >= 15 is 0 Å². The van der Waals surface area contributed by atoms with Crippen molar-refractivity contribution in [1.29, 1.82) is 0 Å². The lowest BCUT2D eigenvalue weighted by atomic mass is 9.89. The maximum atomic E-state index is 9.16. The molecule has 0 atom stereocenters. The van der Waals surface area contributed by atoms with Crippen LogP contribution in [0.25, 0.3) is 0 Å². The number of hydrogen-bond acceptors (Lipinski definition) is 1. The first-order chi connectivity index (χ1) is 7.92. The molecule has 0 fully saturated rings. The molecule has 0 aliphatic rings. The Hall–Kier alpha value is -1.60. The van der Waals surface area contributed by atoms with Gasteiger partial charge in [0, 0.05) is 12.5 Å². The summed E-state index contributed by atoms with van der Waals surface area (Å²) >= 11 is 0. The van der Waals surface area contributed by atoms with Gasteiger partial charge in [-0.05, 0) is 17.5 Å². The Kier molecular flexibility index (Phi) is 3.73. The minimum Gasteiger partial charge on any atom is -0.396 e. The summed E-state index contributed by atoms with van der Waals surface area (Å²) in [5.41, 5.74) is 2.53. The zero-order chi connectivity index (χ0) is 11.2. The molecule has 2 aromatic carbocycles. The third-order valence-corrected chi connectivity index (χ3v) is 2.82. The van der Waals surface area contributed by atoms with E-state index in [1.807, 2.05) is 36.4 Å². The third kappa shape index (κ3) is 2.50. The summed E-state index contributed by atoms with van der Waals surface area (Å²) in [6, 6.07) is 20.7. The zero-order valence-electron chi connectivity index (χ0n) is 9.21. The van der Waals surface area contributed by atoms with Crippen LogP contribution in [-0.2, 0) is 0 Å². The average Bonchev–Trinajstić information content (AvgIpc) is 2.38. The topological polar surface area (TPSA) is 20.2 Å². The lowest BCUT2D eigenvalue weighted by Crippen LogP contribution is -2.03. The Labute approximate surface area is 96.4 Å². The van der Waals surface area contributed by atoms with Gasteiger partial charge in [0.15, 0.2) is 0 Å². The molecule has 1 N–H and O–H groups in total. The van der Waals surface area contributed by atoms with Crippen molar-refractivity contribution in [1.82, 2.24) is 0 Å². The molecular formula is C15H16O. The van der Waals surface area contributed by atoms with Crippen molar-refractivity contribution in [3.05, 3.63) is 71.8 Å². The minimum atomic E-state index is 0.217. The highest BCUT2D eigenvalue weighted by atomic mass is 16.3. The summed E-state index contributed by atoms with van der Waals surface area (Å²) in [4.78, 5) is 0. The lowest BCUT2D eigenvalue weighted by molar-refractivity contribution is 0.281. The fourth-order valence-corrected chi connectivity index (χ4v) is 2.03. The number of aliphatic hydroxyl groups is 1. The normalized spacial score (nSPS) is 10.6. The Morgan fingerprint density at radius 3 is 1.56 bits per heavy atom. The van der Waals surface area contributed by atoms with Crippen molar-refractivity contribution in [3.8, 4) is 0 Å². The maximum absolute atomic E-state index is 9.16. The maximum Gasteiger partial charge on any atom is 0.0440 e. The van der Waals surface area contributed by atoms with Gasteiger partial charge in [-0.2, -0.15) is 0 Å². The van der Waals surface area contributed by atoms with E-state index in [1.54, 1.807) is 0 Å². The Morgan fingerprint density at radius 1 is 0.750 bits per heavy atom. The van der Waals surface area contributed by atoms with Gasteiger partial charge in [0.25, 0.3) is 0 Å². The van der Waals surface area contributed by atoms with Gasteiger partial charge < -0.3 is 5.11 Å². The number of rotatable bonds is 4. The summed E-state index contributed by atoms with van der Waals surface area (Å²) in [7, 11) is 0. The molecule has 0 aliphatic heterocycles. The van der Waals surface area contributed by atoms with Crippen molar-refractivity contribution in [3.63, 3.8) is 0 Å². The molecule has 2 rings (SSSR count). The monoisotopic (exact) mass is 212 g/mol. The van der Waals surface area contributed by atoms with E-state index in [4.69, 9.17) is 5.11 Å². The van der Waals surface area contributed by atoms with Gasteiger partial charge in [-0.15, -0.1) is 0 Å². The average molecular weight is 212 g/mol. The predicted octanol–water partition coefficient (Wildman–Crippen LogP) is 3.20.